The van der Waals surface area contributed by atoms with Gasteiger partial charge >= 0.3 is 5.97 Å². The first-order valence-electron chi connectivity index (χ1n) is 9.18. The van der Waals surface area contributed by atoms with Gasteiger partial charge in [0.1, 0.15) is 0 Å². The van der Waals surface area contributed by atoms with E-state index in [0.717, 1.165) is 17.1 Å². The van der Waals surface area contributed by atoms with Gasteiger partial charge in [-0.3, -0.25) is 4.84 Å². The molecular weight excluding hydrogens is 370 g/mol. The third-order valence-electron chi connectivity index (χ3n) is 4.60. The fourth-order valence-electron chi connectivity index (χ4n) is 3.39. The first kappa shape index (κ1) is 20.0. The Hall–Kier alpha value is -0.730. The molecule has 1 aromatic carbocycles. The predicted octanol–water partition coefficient (Wildman–Crippen LogP) is 3.68. The number of esters is 1. The molecule has 1 aromatic rings. The van der Waals surface area contributed by atoms with Gasteiger partial charge in [0.05, 0.1) is 17.7 Å². The fourth-order valence-corrected chi connectivity index (χ4v) is 6.44. The molecule has 2 atom stereocenters. The monoisotopic (exact) mass is 397 g/mol. The Labute approximate surface area is 164 Å². The van der Waals surface area contributed by atoms with E-state index in [2.05, 4.69) is 0 Å². The summed E-state index contributed by atoms with van der Waals surface area (Å²) < 4.78 is 11.6. The van der Waals surface area contributed by atoms with E-state index >= 15 is 0 Å². The second-order valence-electron chi connectivity index (χ2n) is 6.34. The second-order valence-corrected chi connectivity index (χ2v) is 9.26. The third kappa shape index (κ3) is 4.57. The van der Waals surface area contributed by atoms with E-state index in [0.29, 0.717) is 37.2 Å². The van der Waals surface area contributed by atoms with Crippen molar-refractivity contribution in [1.82, 2.24) is 5.06 Å². The van der Waals surface area contributed by atoms with Gasteiger partial charge in [-0.15, -0.1) is 23.5 Å². The predicted molar refractivity (Wildman–Crippen MR) is 106 cm³/mol. The van der Waals surface area contributed by atoms with Crippen molar-refractivity contribution in [2.24, 2.45) is 0 Å². The molecule has 2 heterocycles. The van der Waals surface area contributed by atoms with E-state index in [4.69, 9.17) is 14.3 Å². The summed E-state index contributed by atoms with van der Waals surface area (Å²) >= 11 is 3.84. The van der Waals surface area contributed by atoms with Crippen LogP contribution in [0, 0.1) is 0 Å². The van der Waals surface area contributed by atoms with Gasteiger partial charge in [-0.1, -0.05) is 30.3 Å². The van der Waals surface area contributed by atoms with Gasteiger partial charge in [-0.05, 0) is 25.8 Å². The molecule has 0 saturated carbocycles. The molecule has 0 aromatic heterocycles. The highest BCUT2D eigenvalue weighted by molar-refractivity contribution is 8.20. The Morgan fingerprint density at radius 3 is 2.62 bits per heavy atom. The number of hydrogen-bond donors (Lipinski definition) is 0. The number of carbonyl (C=O) groups is 1. The molecule has 26 heavy (non-hydrogen) atoms. The van der Waals surface area contributed by atoms with Crippen molar-refractivity contribution in [3.05, 3.63) is 35.9 Å². The third-order valence-corrected chi connectivity index (χ3v) is 7.63. The van der Waals surface area contributed by atoms with E-state index in [1.165, 1.54) is 0 Å². The fraction of sp³-hybridized carbons (Fsp3) is 0.632. The second kappa shape index (κ2) is 9.46. The van der Waals surface area contributed by atoms with Crippen LogP contribution >= 0.6 is 23.5 Å². The van der Waals surface area contributed by atoms with Gasteiger partial charge in [0.15, 0.2) is 11.8 Å². The highest BCUT2D eigenvalue weighted by Crippen LogP contribution is 2.45. The Morgan fingerprint density at radius 1 is 1.23 bits per heavy atom. The van der Waals surface area contributed by atoms with Crippen LogP contribution in [0.4, 0.5) is 0 Å². The normalized spacial score (nSPS) is 27.1. The van der Waals surface area contributed by atoms with Gasteiger partial charge in [-0.2, -0.15) is 5.06 Å². The Bertz CT molecular complexity index is 582. The van der Waals surface area contributed by atoms with Gasteiger partial charge in [0.2, 0.25) is 0 Å². The average molecular weight is 398 g/mol. The zero-order valence-corrected chi connectivity index (χ0v) is 17.0. The van der Waals surface area contributed by atoms with E-state index in [1.807, 2.05) is 72.8 Å². The molecule has 0 aliphatic carbocycles. The lowest BCUT2D eigenvalue weighted by Crippen LogP contribution is -2.51. The van der Waals surface area contributed by atoms with E-state index in [-0.39, 0.29) is 5.97 Å². The van der Waals surface area contributed by atoms with Crippen molar-refractivity contribution in [3.63, 3.8) is 0 Å². The van der Waals surface area contributed by atoms with Crippen molar-refractivity contribution in [2.75, 3.05) is 24.7 Å². The first-order valence-corrected chi connectivity index (χ1v) is 11.3. The summed E-state index contributed by atoms with van der Waals surface area (Å²) in [5.41, 5.74) is 0.297. The average Bonchev–Trinajstić information content (AvgIpc) is 3.26. The van der Waals surface area contributed by atoms with Crippen molar-refractivity contribution in [1.29, 1.82) is 0 Å². The number of hydroxylamine groups is 2. The van der Waals surface area contributed by atoms with Crippen LogP contribution in [-0.4, -0.2) is 52.2 Å². The number of benzene rings is 1. The standard InChI is InChI=1S/C19H27NO4S2/c1-3-22-16-12-19(18(21)23-4-2,13-17-25-10-11-26-17)20(24-16)14-15-8-6-5-7-9-15/h5-9,16-17H,3-4,10-14H2,1-2H3/t16-,19-/m0/s1. The van der Waals surface area contributed by atoms with Gasteiger partial charge in [-0.25, -0.2) is 4.79 Å². The summed E-state index contributed by atoms with van der Waals surface area (Å²) in [6.45, 7) is 5.24. The molecule has 7 heteroatoms. The summed E-state index contributed by atoms with van der Waals surface area (Å²) in [5, 5.41) is 1.82. The minimum atomic E-state index is -0.805. The molecule has 0 N–H and O–H groups in total. The molecule has 2 fully saturated rings. The lowest BCUT2D eigenvalue weighted by Gasteiger charge is -2.35. The lowest BCUT2D eigenvalue weighted by atomic mass is 9.91. The summed E-state index contributed by atoms with van der Waals surface area (Å²) in [6.07, 6.45) is 0.798. The SMILES string of the molecule is CCOC(=O)[C@@]1(CC2SCCS2)C[C@@H](OCC)ON1Cc1ccccc1. The van der Waals surface area contributed by atoms with Crippen molar-refractivity contribution >= 4 is 29.5 Å². The van der Waals surface area contributed by atoms with Crippen LogP contribution in [0.5, 0.6) is 0 Å². The number of nitrogens with zero attached hydrogens (tertiary/aromatic N) is 1. The summed E-state index contributed by atoms with van der Waals surface area (Å²) in [7, 11) is 0. The highest BCUT2D eigenvalue weighted by atomic mass is 32.2. The molecule has 2 aliphatic heterocycles. The quantitative estimate of drug-likeness (QED) is 0.620. The van der Waals surface area contributed by atoms with Crippen LogP contribution in [0.3, 0.4) is 0 Å². The highest BCUT2D eigenvalue weighted by Gasteiger charge is 2.55. The maximum atomic E-state index is 13.1. The number of rotatable bonds is 8. The van der Waals surface area contributed by atoms with Crippen LogP contribution in [0.25, 0.3) is 0 Å². The maximum absolute atomic E-state index is 13.1. The minimum Gasteiger partial charge on any atom is -0.465 e. The van der Waals surface area contributed by atoms with Crippen LogP contribution in [0.15, 0.2) is 30.3 Å². The number of thioether (sulfide) groups is 2. The summed E-state index contributed by atoms with van der Waals surface area (Å²) in [6, 6.07) is 10.1. The van der Waals surface area contributed by atoms with Crippen molar-refractivity contribution < 1.29 is 19.1 Å². The van der Waals surface area contributed by atoms with Crippen LogP contribution in [-0.2, 0) is 25.7 Å². The minimum absolute atomic E-state index is 0.203. The van der Waals surface area contributed by atoms with Crippen LogP contribution < -0.4 is 0 Å². The lowest BCUT2D eigenvalue weighted by molar-refractivity contribution is -0.256. The number of ether oxygens (including phenoxy) is 2. The molecule has 0 unspecified atom stereocenters. The molecular formula is C19H27NO4S2. The summed E-state index contributed by atoms with van der Waals surface area (Å²) in [5.74, 6) is 2.05. The van der Waals surface area contributed by atoms with E-state index < -0.39 is 11.8 Å². The molecule has 5 nitrogen and oxygen atoms in total. The number of hydrogen-bond acceptors (Lipinski definition) is 7. The molecule has 144 valence electrons. The maximum Gasteiger partial charge on any atom is 0.329 e. The summed E-state index contributed by atoms with van der Waals surface area (Å²) in [4.78, 5) is 19.2. The molecule has 2 aliphatic rings. The Balaban J connectivity index is 1.87. The molecule has 0 radical (unpaired) electrons. The Kier molecular flexibility index (Phi) is 7.28. The molecule has 2 saturated heterocycles. The van der Waals surface area contributed by atoms with E-state index in [1.54, 1.807) is 0 Å². The first-order chi connectivity index (χ1) is 12.7. The molecule has 0 spiro atoms. The van der Waals surface area contributed by atoms with Gasteiger partial charge in [0.25, 0.3) is 0 Å². The topological polar surface area (TPSA) is 48.0 Å². The van der Waals surface area contributed by atoms with E-state index in [9.17, 15) is 4.79 Å². The van der Waals surface area contributed by atoms with Gasteiger partial charge in [0, 0.05) is 24.5 Å². The molecule has 3 rings (SSSR count). The Morgan fingerprint density at radius 2 is 1.96 bits per heavy atom. The largest absolute Gasteiger partial charge is 0.465 e. The van der Waals surface area contributed by atoms with Crippen LogP contribution in [0.2, 0.25) is 0 Å². The zero-order valence-electron chi connectivity index (χ0n) is 15.4. The molecule has 0 bridgehead atoms. The number of carbonyl (C=O) groups excluding carboxylic acids is 1. The van der Waals surface area contributed by atoms with Crippen LogP contribution in [0.1, 0.15) is 32.3 Å². The van der Waals surface area contributed by atoms with Crippen molar-refractivity contribution in [2.45, 2.75) is 49.6 Å². The van der Waals surface area contributed by atoms with Crippen molar-refractivity contribution in [3.8, 4) is 0 Å². The zero-order chi connectivity index (χ0) is 18.4. The smallest absolute Gasteiger partial charge is 0.329 e. The van der Waals surface area contributed by atoms with Gasteiger partial charge < -0.3 is 9.47 Å². The molecule has 0 amide bonds.